The number of nitrogens with zero attached hydrogens (tertiary/aromatic N) is 2. The lowest BCUT2D eigenvalue weighted by Gasteiger charge is -2.18. The van der Waals surface area contributed by atoms with Gasteiger partial charge in [0.2, 0.25) is 5.91 Å². The van der Waals surface area contributed by atoms with Gasteiger partial charge in [0.15, 0.2) is 0 Å². The first-order valence-corrected chi connectivity index (χ1v) is 14.7. The van der Waals surface area contributed by atoms with Crippen LogP contribution in [0.25, 0.3) is 22.3 Å². The van der Waals surface area contributed by atoms with Crippen molar-refractivity contribution in [2.24, 2.45) is 14.1 Å². The standard InChI is InChI=1S/C33H33ClFN5O5/c1-18-21(19-13-26(35)24(28(14-19)45-4)16-36-15-20-11-12-29(41)37-20)7-5-8-22(18)23-9-6-10-27(30(23)34)38-31(42)25-17-39(2)33(44)40(3)32(25)43/h5-10,13-14,17,20,36H,11-12,15-16H2,1-4H3,(H,37,41)(H,38,42)/t20-/m0/s1. The van der Waals surface area contributed by atoms with Gasteiger partial charge >= 0.3 is 5.69 Å². The highest BCUT2D eigenvalue weighted by Gasteiger charge is 2.22. The highest BCUT2D eigenvalue weighted by molar-refractivity contribution is 6.36. The average Bonchev–Trinajstić information content (AvgIpc) is 3.44. The van der Waals surface area contributed by atoms with Gasteiger partial charge in [0.1, 0.15) is 17.1 Å². The van der Waals surface area contributed by atoms with Crippen molar-refractivity contribution in [1.29, 1.82) is 0 Å². The topological polar surface area (TPSA) is 123 Å². The van der Waals surface area contributed by atoms with E-state index in [0.717, 1.165) is 32.2 Å². The van der Waals surface area contributed by atoms with Crippen LogP contribution in [0, 0.1) is 12.7 Å². The number of methoxy groups -OCH3 is 1. The zero-order chi connectivity index (χ0) is 32.4. The van der Waals surface area contributed by atoms with Crippen molar-refractivity contribution < 1.29 is 18.7 Å². The molecule has 1 fully saturated rings. The van der Waals surface area contributed by atoms with Crippen LogP contribution in [0.5, 0.6) is 5.75 Å². The number of anilines is 1. The number of carbonyl (C=O) groups excluding carboxylic acids is 2. The summed E-state index contributed by atoms with van der Waals surface area (Å²) in [6.45, 7) is 2.66. The van der Waals surface area contributed by atoms with Crippen molar-refractivity contribution in [3.05, 3.63) is 103 Å². The second kappa shape index (κ2) is 13.1. The van der Waals surface area contributed by atoms with Gasteiger partial charge in [0, 0.05) is 57.0 Å². The molecule has 234 valence electrons. The summed E-state index contributed by atoms with van der Waals surface area (Å²) in [4.78, 5) is 49.1. The number of ether oxygens (including phenoxy) is 1. The van der Waals surface area contributed by atoms with E-state index in [1.807, 2.05) is 25.1 Å². The van der Waals surface area contributed by atoms with Gasteiger partial charge in [-0.3, -0.25) is 19.0 Å². The van der Waals surface area contributed by atoms with E-state index in [0.29, 0.717) is 35.4 Å². The van der Waals surface area contributed by atoms with E-state index < -0.39 is 23.0 Å². The zero-order valence-electron chi connectivity index (χ0n) is 25.3. The highest BCUT2D eigenvalue weighted by Crippen LogP contribution is 2.39. The van der Waals surface area contributed by atoms with E-state index in [1.54, 1.807) is 24.3 Å². The van der Waals surface area contributed by atoms with Crippen molar-refractivity contribution in [1.82, 2.24) is 19.8 Å². The molecule has 0 unspecified atom stereocenters. The maximum absolute atomic E-state index is 15.5. The molecule has 3 aromatic carbocycles. The SMILES string of the molecule is COc1cc(-c2cccc(-c3cccc(NC(=O)c4cn(C)c(=O)n(C)c4=O)c3Cl)c2C)cc(F)c1CNC[C@@H]1CCC(=O)N1. The number of rotatable bonds is 9. The Morgan fingerprint density at radius 1 is 1.09 bits per heavy atom. The molecule has 1 aliphatic rings. The molecular formula is C33H33ClFN5O5. The molecule has 0 radical (unpaired) electrons. The summed E-state index contributed by atoms with van der Waals surface area (Å²) in [7, 11) is 4.25. The smallest absolute Gasteiger partial charge is 0.330 e. The monoisotopic (exact) mass is 633 g/mol. The Hall–Kier alpha value is -4.74. The number of hydrogen-bond donors (Lipinski definition) is 3. The van der Waals surface area contributed by atoms with Crippen LogP contribution in [-0.4, -0.2) is 40.6 Å². The summed E-state index contributed by atoms with van der Waals surface area (Å²) in [5.41, 5.74) is 2.76. The molecular weight excluding hydrogens is 601 g/mol. The first-order valence-electron chi connectivity index (χ1n) is 14.3. The maximum atomic E-state index is 15.5. The van der Waals surface area contributed by atoms with Crippen molar-refractivity contribution in [2.45, 2.75) is 32.4 Å². The van der Waals surface area contributed by atoms with E-state index in [4.69, 9.17) is 16.3 Å². The molecule has 3 N–H and O–H groups in total. The summed E-state index contributed by atoms with van der Waals surface area (Å²) < 4.78 is 23.1. The van der Waals surface area contributed by atoms with Crippen LogP contribution in [-0.2, 0) is 25.4 Å². The molecule has 12 heteroatoms. The van der Waals surface area contributed by atoms with Crippen LogP contribution >= 0.6 is 11.6 Å². The van der Waals surface area contributed by atoms with E-state index in [2.05, 4.69) is 16.0 Å². The molecule has 2 heterocycles. The summed E-state index contributed by atoms with van der Waals surface area (Å²) >= 11 is 6.81. The van der Waals surface area contributed by atoms with Crippen molar-refractivity contribution in [2.75, 3.05) is 19.0 Å². The largest absolute Gasteiger partial charge is 0.496 e. The second-order valence-electron chi connectivity index (χ2n) is 11.0. The summed E-state index contributed by atoms with van der Waals surface area (Å²) in [5.74, 6) is -0.714. The molecule has 2 amide bonds. The van der Waals surface area contributed by atoms with Crippen LogP contribution in [0.3, 0.4) is 0 Å². The molecule has 1 aliphatic heterocycles. The van der Waals surface area contributed by atoms with Gasteiger partial charge < -0.3 is 25.3 Å². The van der Waals surface area contributed by atoms with Crippen molar-refractivity contribution >= 4 is 29.1 Å². The van der Waals surface area contributed by atoms with Crippen LogP contribution in [0.15, 0.2) is 64.3 Å². The van der Waals surface area contributed by atoms with Crippen molar-refractivity contribution in [3.8, 4) is 28.0 Å². The Kier molecular flexibility index (Phi) is 9.21. The fourth-order valence-electron chi connectivity index (χ4n) is 5.55. The first kappa shape index (κ1) is 31.7. The molecule has 45 heavy (non-hydrogen) atoms. The lowest BCUT2D eigenvalue weighted by atomic mass is 9.91. The number of halogens is 2. The van der Waals surface area contributed by atoms with Gasteiger partial charge in [-0.25, -0.2) is 9.18 Å². The predicted octanol–water partition coefficient (Wildman–Crippen LogP) is 4.15. The number of hydrogen-bond acceptors (Lipinski definition) is 6. The van der Waals surface area contributed by atoms with Crippen molar-refractivity contribution in [3.63, 3.8) is 0 Å². The number of aryl methyl sites for hydroxylation is 1. The average molecular weight is 634 g/mol. The Bertz CT molecular complexity index is 1940. The number of nitrogens with one attached hydrogen (secondary N) is 3. The van der Waals surface area contributed by atoms with E-state index in [1.165, 1.54) is 33.5 Å². The molecule has 1 atom stereocenters. The number of aromatic nitrogens is 2. The highest BCUT2D eigenvalue weighted by atomic mass is 35.5. The summed E-state index contributed by atoms with van der Waals surface area (Å²) in [6, 6.07) is 14.0. The second-order valence-corrected chi connectivity index (χ2v) is 11.4. The van der Waals surface area contributed by atoms with Crippen LogP contribution < -0.4 is 31.9 Å². The number of carbonyl (C=O) groups is 2. The Balaban J connectivity index is 1.42. The van der Waals surface area contributed by atoms with Gasteiger partial charge in [-0.15, -0.1) is 0 Å². The minimum atomic E-state index is -0.724. The van der Waals surface area contributed by atoms with Crippen LogP contribution in [0.4, 0.5) is 10.1 Å². The van der Waals surface area contributed by atoms with Gasteiger partial charge in [-0.2, -0.15) is 0 Å². The predicted molar refractivity (Wildman–Crippen MR) is 171 cm³/mol. The minimum absolute atomic E-state index is 0.0239. The molecule has 4 aromatic rings. The van der Waals surface area contributed by atoms with Gasteiger partial charge in [0.25, 0.3) is 11.5 Å². The molecule has 1 saturated heterocycles. The third-order valence-corrected chi connectivity index (χ3v) is 8.43. The quantitative estimate of drug-likeness (QED) is 0.255. The van der Waals surface area contributed by atoms with Crippen LogP contribution in [0.1, 0.15) is 34.3 Å². The van der Waals surface area contributed by atoms with Crippen LogP contribution in [0.2, 0.25) is 5.02 Å². The molecule has 0 saturated carbocycles. The third kappa shape index (κ3) is 6.40. The first-order chi connectivity index (χ1) is 21.5. The number of benzene rings is 3. The molecule has 10 nitrogen and oxygen atoms in total. The molecule has 1 aromatic heterocycles. The Labute approximate surface area is 263 Å². The third-order valence-electron chi connectivity index (χ3n) is 8.02. The van der Waals surface area contributed by atoms with Gasteiger partial charge in [-0.05, 0) is 53.8 Å². The summed E-state index contributed by atoms with van der Waals surface area (Å²) in [5, 5.41) is 9.04. The lowest BCUT2D eigenvalue weighted by Crippen LogP contribution is -2.40. The van der Waals surface area contributed by atoms with Gasteiger partial charge in [-0.1, -0.05) is 41.9 Å². The Morgan fingerprint density at radius 2 is 1.80 bits per heavy atom. The molecule has 0 bridgehead atoms. The number of amides is 2. The van der Waals surface area contributed by atoms with Gasteiger partial charge in [0.05, 0.1) is 17.8 Å². The van der Waals surface area contributed by atoms with E-state index in [9.17, 15) is 19.2 Å². The molecule has 0 aliphatic carbocycles. The fraction of sp³-hybridized carbons (Fsp3) is 0.273. The molecule has 0 spiro atoms. The maximum Gasteiger partial charge on any atom is 0.330 e. The normalized spacial score (nSPS) is 14.4. The fourth-order valence-corrected chi connectivity index (χ4v) is 5.83. The van der Waals surface area contributed by atoms with E-state index in [-0.39, 0.29) is 34.8 Å². The van der Waals surface area contributed by atoms with E-state index >= 15 is 4.39 Å². The summed E-state index contributed by atoms with van der Waals surface area (Å²) in [6.07, 6.45) is 2.43. The zero-order valence-corrected chi connectivity index (χ0v) is 26.0. The minimum Gasteiger partial charge on any atom is -0.496 e. The molecule has 5 rings (SSSR count). The Morgan fingerprint density at radius 3 is 2.51 bits per heavy atom. The lowest BCUT2D eigenvalue weighted by molar-refractivity contribution is -0.119.